The number of carbonyl (C=O) groups is 1. The van der Waals surface area contributed by atoms with Crippen molar-refractivity contribution in [2.45, 2.75) is 19.4 Å². The van der Waals surface area contributed by atoms with Crippen LogP contribution in [0.25, 0.3) is 0 Å². The minimum absolute atomic E-state index is 0.0502. The Morgan fingerprint density at radius 2 is 1.92 bits per heavy atom. The van der Waals surface area contributed by atoms with Crippen LogP contribution in [-0.4, -0.2) is 32.7 Å². The van der Waals surface area contributed by atoms with E-state index in [1.165, 1.54) is 5.56 Å². The van der Waals surface area contributed by atoms with Crippen LogP contribution >= 0.6 is 0 Å². The summed E-state index contributed by atoms with van der Waals surface area (Å²) in [7, 11) is 3.16. The van der Waals surface area contributed by atoms with E-state index < -0.39 is 0 Å². The Morgan fingerprint density at radius 1 is 1.17 bits per heavy atom. The molecule has 5 heteroatoms. The lowest BCUT2D eigenvalue weighted by Crippen LogP contribution is -2.37. The normalized spacial score (nSPS) is 15.8. The van der Waals surface area contributed by atoms with Gasteiger partial charge in [-0.15, -0.1) is 0 Å². The van der Waals surface area contributed by atoms with Gasteiger partial charge in [0.25, 0.3) is 0 Å². The number of nitrogens with zero attached hydrogens (tertiary/aromatic N) is 1. The van der Waals surface area contributed by atoms with Gasteiger partial charge in [-0.3, -0.25) is 4.79 Å². The fourth-order valence-electron chi connectivity index (χ4n) is 3.14. The first-order valence-corrected chi connectivity index (χ1v) is 7.98. The number of ether oxygens (including phenoxy) is 2. The Morgan fingerprint density at radius 3 is 2.67 bits per heavy atom. The summed E-state index contributed by atoms with van der Waals surface area (Å²) in [5.74, 6) is 1.18. The SMILES string of the molecule is COc1ccc(NC(=O)CN2c3ccccc3C[C@H]2C)cc1OC. The van der Waals surface area contributed by atoms with Crippen molar-refractivity contribution in [1.29, 1.82) is 0 Å². The second-order valence-electron chi connectivity index (χ2n) is 5.93. The Kier molecular flexibility index (Phi) is 4.60. The minimum Gasteiger partial charge on any atom is -0.493 e. The predicted molar refractivity (Wildman–Crippen MR) is 95.1 cm³/mol. The molecule has 0 saturated carbocycles. The standard InChI is InChI=1S/C19H22N2O3/c1-13-10-14-6-4-5-7-16(14)21(13)12-19(22)20-15-8-9-17(23-2)18(11-15)24-3/h4-9,11,13H,10,12H2,1-3H3,(H,20,22)/t13-/m1/s1. The monoisotopic (exact) mass is 326 g/mol. The van der Waals surface area contributed by atoms with Crippen LogP contribution in [0, 0.1) is 0 Å². The van der Waals surface area contributed by atoms with Crippen molar-refractivity contribution < 1.29 is 14.3 Å². The van der Waals surface area contributed by atoms with E-state index in [0.29, 0.717) is 29.8 Å². The first-order valence-electron chi connectivity index (χ1n) is 7.98. The second kappa shape index (κ2) is 6.83. The number of para-hydroxylation sites is 1. The van der Waals surface area contributed by atoms with Gasteiger partial charge in [0, 0.05) is 23.5 Å². The van der Waals surface area contributed by atoms with Gasteiger partial charge in [0.2, 0.25) is 5.91 Å². The van der Waals surface area contributed by atoms with Gasteiger partial charge < -0.3 is 19.7 Å². The maximum Gasteiger partial charge on any atom is 0.243 e. The summed E-state index contributed by atoms with van der Waals surface area (Å²) >= 11 is 0. The lowest BCUT2D eigenvalue weighted by atomic mass is 10.1. The number of methoxy groups -OCH3 is 2. The highest BCUT2D eigenvalue weighted by molar-refractivity contribution is 5.94. The van der Waals surface area contributed by atoms with Crippen LogP contribution < -0.4 is 19.7 Å². The Labute approximate surface area is 142 Å². The lowest BCUT2D eigenvalue weighted by molar-refractivity contribution is -0.115. The fraction of sp³-hybridized carbons (Fsp3) is 0.316. The van der Waals surface area contributed by atoms with Crippen molar-refractivity contribution in [3.05, 3.63) is 48.0 Å². The average molecular weight is 326 g/mol. The van der Waals surface area contributed by atoms with Crippen molar-refractivity contribution in [3.63, 3.8) is 0 Å². The number of fused-ring (bicyclic) bond motifs is 1. The molecule has 1 aliphatic heterocycles. The van der Waals surface area contributed by atoms with Crippen LogP contribution in [0.5, 0.6) is 11.5 Å². The number of hydrogen-bond acceptors (Lipinski definition) is 4. The van der Waals surface area contributed by atoms with Crippen LogP contribution in [0.3, 0.4) is 0 Å². The van der Waals surface area contributed by atoms with E-state index in [-0.39, 0.29) is 5.91 Å². The van der Waals surface area contributed by atoms with Crippen molar-refractivity contribution in [2.24, 2.45) is 0 Å². The number of hydrogen-bond donors (Lipinski definition) is 1. The third-order valence-corrected chi connectivity index (χ3v) is 4.33. The fourth-order valence-corrected chi connectivity index (χ4v) is 3.14. The summed E-state index contributed by atoms with van der Waals surface area (Å²) in [4.78, 5) is 14.6. The van der Waals surface area contributed by atoms with Gasteiger partial charge in [-0.2, -0.15) is 0 Å². The largest absolute Gasteiger partial charge is 0.493 e. The number of amides is 1. The van der Waals surface area contributed by atoms with Crippen LogP contribution in [-0.2, 0) is 11.2 Å². The van der Waals surface area contributed by atoms with E-state index in [9.17, 15) is 4.79 Å². The van der Waals surface area contributed by atoms with Gasteiger partial charge in [-0.25, -0.2) is 0 Å². The quantitative estimate of drug-likeness (QED) is 0.917. The zero-order valence-corrected chi connectivity index (χ0v) is 14.2. The van der Waals surface area contributed by atoms with E-state index in [0.717, 1.165) is 12.1 Å². The number of carbonyl (C=O) groups excluding carboxylic acids is 1. The molecule has 3 rings (SSSR count). The highest BCUT2D eigenvalue weighted by atomic mass is 16.5. The van der Waals surface area contributed by atoms with E-state index in [2.05, 4.69) is 29.3 Å². The van der Waals surface area contributed by atoms with E-state index in [1.807, 2.05) is 12.1 Å². The molecular weight excluding hydrogens is 304 g/mol. The Bertz CT molecular complexity index is 745. The van der Waals surface area contributed by atoms with Crippen LogP contribution in [0.2, 0.25) is 0 Å². The van der Waals surface area contributed by atoms with Gasteiger partial charge in [-0.1, -0.05) is 18.2 Å². The van der Waals surface area contributed by atoms with Gasteiger partial charge in [-0.05, 0) is 37.1 Å². The smallest absolute Gasteiger partial charge is 0.243 e. The summed E-state index contributed by atoms with van der Waals surface area (Å²) < 4.78 is 10.5. The van der Waals surface area contributed by atoms with Gasteiger partial charge >= 0.3 is 0 Å². The Balaban J connectivity index is 1.70. The molecule has 1 aliphatic rings. The van der Waals surface area contributed by atoms with Crippen molar-refractivity contribution in [1.82, 2.24) is 0 Å². The zero-order chi connectivity index (χ0) is 17.1. The summed E-state index contributed by atoms with van der Waals surface area (Å²) in [5.41, 5.74) is 3.13. The molecule has 126 valence electrons. The van der Waals surface area contributed by atoms with Crippen molar-refractivity contribution in [3.8, 4) is 11.5 Å². The van der Waals surface area contributed by atoms with Gasteiger partial charge in [0.05, 0.1) is 20.8 Å². The summed E-state index contributed by atoms with van der Waals surface area (Å²) in [6.45, 7) is 2.47. The molecule has 0 fully saturated rings. The highest BCUT2D eigenvalue weighted by Crippen LogP contribution is 2.32. The molecule has 0 spiro atoms. The molecule has 1 amide bonds. The predicted octanol–water partition coefficient (Wildman–Crippen LogP) is 3.09. The van der Waals surface area contributed by atoms with Crippen LogP contribution in [0.4, 0.5) is 11.4 Å². The van der Waals surface area contributed by atoms with Crippen LogP contribution in [0.15, 0.2) is 42.5 Å². The molecule has 5 nitrogen and oxygen atoms in total. The third kappa shape index (κ3) is 3.15. The summed E-state index contributed by atoms with van der Waals surface area (Å²) in [5, 5.41) is 2.93. The topological polar surface area (TPSA) is 50.8 Å². The number of rotatable bonds is 5. The molecule has 1 N–H and O–H groups in total. The molecule has 1 heterocycles. The zero-order valence-electron chi connectivity index (χ0n) is 14.2. The molecule has 0 aliphatic carbocycles. The first kappa shape index (κ1) is 16.2. The number of anilines is 2. The molecule has 0 radical (unpaired) electrons. The molecule has 0 saturated heterocycles. The third-order valence-electron chi connectivity index (χ3n) is 4.33. The van der Waals surface area contributed by atoms with Gasteiger partial charge in [0.1, 0.15) is 0 Å². The molecular formula is C19H22N2O3. The Hall–Kier alpha value is -2.69. The van der Waals surface area contributed by atoms with Gasteiger partial charge in [0.15, 0.2) is 11.5 Å². The molecule has 0 bridgehead atoms. The summed E-state index contributed by atoms with van der Waals surface area (Å²) in [6, 6.07) is 13.9. The molecule has 24 heavy (non-hydrogen) atoms. The second-order valence-corrected chi connectivity index (χ2v) is 5.93. The maximum atomic E-state index is 12.5. The first-order chi connectivity index (χ1) is 11.6. The molecule has 2 aromatic rings. The average Bonchev–Trinajstić information content (AvgIpc) is 2.90. The lowest BCUT2D eigenvalue weighted by Gasteiger charge is -2.24. The van der Waals surface area contributed by atoms with Crippen LogP contribution in [0.1, 0.15) is 12.5 Å². The van der Waals surface area contributed by atoms with Crippen molar-refractivity contribution in [2.75, 3.05) is 31.0 Å². The minimum atomic E-state index is -0.0502. The van der Waals surface area contributed by atoms with E-state index in [1.54, 1.807) is 32.4 Å². The van der Waals surface area contributed by atoms with Crippen molar-refractivity contribution >= 4 is 17.3 Å². The van der Waals surface area contributed by atoms with E-state index in [4.69, 9.17) is 9.47 Å². The number of benzene rings is 2. The van der Waals surface area contributed by atoms with E-state index >= 15 is 0 Å². The molecule has 0 unspecified atom stereocenters. The maximum absolute atomic E-state index is 12.5. The molecule has 1 atom stereocenters. The summed E-state index contributed by atoms with van der Waals surface area (Å²) in [6.07, 6.45) is 0.972. The number of nitrogens with one attached hydrogen (secondary N) is 1. The molecule has 2 aromatic carbocycles. The molecule has 0 aromatic heterocycles. The highest BCUT2D eigenvalue weighted by Gasteiger charge is 2.27.